The van der Waals surface area contributed by atoms with E-state index < -0.39 is 0 Å². The number of benzene rings is 1. The highest BCUT2D eigenvalue weighted by Gasteiger charge is 1.95. The van der Waals surface area contributed by atoms with Crippen LogP contribution in [0.5, 0.6) is 0 Å². The smallest absolute Gasteiger partial charge is 0.0703 e. The predicted molar refractivity (Wildman–Crippen MR) is 61.9 cm³/mol. The van der Waals surface area contributed by atoms with Gasteiger partial charge in [0.05, 0.1) is 17.4 Å². The zero-order valence-electron chi connectivity index (χ0n) is 8.48. The third-order valence-corrected chi connectivity index (χ3v) is 2.25. The molecule has 15 heavy (non-hydrogen) atoms. The molecule has 0 amide bonds. The summed E-state index contributed by atoms with van der Waals surface area (Å²) in [5, 5.41) is 13.0. The second kappa shape index (κ2) is 4.75. The van der Waals surface area contributed by atoms with Crippen molar-refractivity contribution in [3.8, 4) is 0 Å². The van der Waals surface area contributed by atoms with Gasteiger partial charge in [-0.1, -0.05) is 18.2 Å². The Balaban J connectivity index is 2.16. The van der Waals surface area contributed by atoms with Crippen molar-refractivity contribution >= 4 is 16.6 Å². The minimum absolute atomic E-state index is 0.216. The van der Waals surface area contributed by atoms with Crippen LogP contribution in [-0.2, 0) is 0 Å². The third-order valence-electron chi connectivity index (χ3n) is 2.25. The van der Waals surface area contributed by atoms with E-state index in [4.69, 9.17) is 5.11 Å². The highest BCUT2D eigenvalue weighted by Crippen LogP contribution is 2.15. The van der Waals surface area contributed by atoms with Crippen LogP contribution in [0, 0.1) is 0 Å². The lowest BCUT2D eigenvalue weighted by molar-refractivity contribution is 0.292. The molecule has 1 aromatic heterocycles. The molecular formula is C12H14N2O. The van der Waals surface area contributed by atoms with Crippen LogP contribution in [0.25, 0.3) is 10.9 Å². The maximum Gasteiger partial charge on any atom is 0.0703 e. The van der Waals surface area contributed by atoms with Crippen LogP contribution in [-0.4, -0.2) is 23.2 Å². The largest absolute Gasteiger partial charge is 0.396 e. The summed E-state index contributed by atoms with van der Waals surface area (Å²) < 4.78 is 0. The first-order chi connectivity index (χ1) is 7.40. The van der Waals surface area contributed by atoms with Gasteiger partial charge in [0.25, 0.3) is 0 Å². The molecule has 1 heterocycles. The molecule has 0 unspecified atom stereocenters. The molecule has 78 valence electrons. The van der Waals surface area contributed by atoms with Crippen molar-refractivity contribution in [1.29, 1.82) is 0 Å². The number of aromatic nitrogens is 1. The van der Waals surface area contributed by atoms with E-state index in [1.165, 1.54) is 0 Å². The number of nitrogens with one attached hydrogen (secondary N) is 1. The van der Waals surface area contributed by atoms with Crippen molar-refractivity contribution in [2.45, 2.75) is 6.42 Å². The Morgan fingerprint density at radius 3 is 3.00 bits per heavy atom. The molecule has 0 saturated carbocycles. The lowest BCUT2D eigenvalue weighted by atomic mass is 10.2. The van der Waals surface area contributed by atoms with E-state index in [1.807, 2.05) is 30.5 Å². The van der Waals surface area contributed by atoms with Gasteiger partial charge in [0.15, 0.2) is 0 Å². The van der Waals surface area contributed by atoms with Crippen molar-refractivity contribution in [2.75, 3.05) is 18.5 Å². The maximum absolute atomic E-state index is 8.66. The average molecular weight is 202 g/mol. The number of pyridine rings is 1. The van der Waals surface area contributed by atoms with Gasteiger partial charge in [-0.15, -0.1) is 0 Å². The van der Waals surface area contributed by atoms with Crippen molar-refractivity contribution < 1.29 is 5.11 Å². The first-order valence-corrected chi connectivity index (χ1v) is 5.09. The number of aliphatic hydroxyl groups is 1. The summed E-state index contributed by atoms with van der Waals surface area (Å²) in [4.78, 5) is 4.33. The van der Waals surface area contributed by atoms with E-state index in [9.17, 15) is 0 Å². The molecule has 3 nitrogen and oxygen atoms in total. The molecule has 0 spiro atoms. The minimum Gasteiger partial charge on any atom is -0.396 e. The highest BCUT2D eigenvalue weighted by molar-refractivity contribution is 5.81. The van der Waals surface area contributed by atoms with Crippen LogP contribution in [0.3, 0.4) is 0 Å². The Kier molecular flexibility index (Phi) is 3.15. The van der Waals surface area contributed by atoms with E-state index in [2.05, 4.69) is 16.4 Å². The topological polar surface area (TPSA) is 45.1 Å². The molecule has 0 fully saturated rings. The SMILES string of the molecule is OCCCNc1cnc2ccccc2c1. The Morgan fingerprint density at radius 2 is 2.13 bits per heavy atom. The molecule has 1 aromatic carbocycles. The fourth-order valence-corrected chi connectivity index (χ4v) is 1.48. The highest BCUT2D eigenvalue weighted by atomic mass is 16.3. The Bertz CT molecular complexity index is 442. The summed E-state index contributed by atoms with van der Waals surface area (Å²) in [5.41, 5.74) is 2.01. The van der Waals surface area contributed by atoms with Gasteiger partial charge in [0, 0.05) is 18.5 Å². The number of rotatable bonds is 4. The van der Waals surface area contributed by atoms with Crippen LogP contribution >= 0.6 is 0 Å². The molecule has 2 N–H and O–H groups in total. The molecule has 3 heteroatoms. The van der Waals surface area contributed by atoms with Crippen molar-refractivity contribution in [3.05, 3.63) is 36.5 Å². The van der Waals surface area contributed by atoms with Crippen LogP contribution in [0.4, 0.5) is 5.69 Å². The molecule has 0 atom stereocenters. The minimum atomic E-state index is 0.216. The van der Waals surface area contributed by atoms with Gasteiger partial charge in [-0.3, -0.25) is 4.98 Å². The zero-order chi connectivity index (χ0) is 10.5. The molecule has 0 aliphatic heterocycles. The van der Waals surface area contributed by atoms with Crippen LogP contribution in [0.15, 0.2) is 36.5 Å². The fourth-order valence-electron chi connectivity index (χ4n) is 1.48. The molecule has 0 aliphatic rings. The van der Waals surface area contributed by atoms with E-state index >= 15 is 0 Å². The third kappa shape index (κ3) is 2.44. The van der Waals surface area contributed by atoms with Crippen molar-refractivity contribution in [1.82, 2.24) is 4.98 Å². The van der Waals surface area contributed by atoms with E-state index in [0.717, 1.165) is 29.6 Å². The lowest BCUT2D eigenvalue weighted by Crippen LogP contribution is -2.03. The van der Waals surface area contributed by atoms with Gasteiger partial charge in [-0.05, 0) is 18.6 Å². The number of nitrogens with zero attached hydrogens (tertiary/aromatic N) is 1. The molecule has 0 aliphatic carbocycles. The maximum atomic E-state index is 8.66. The standard InChI is InChI=1S/C12H14N2O/c15-7-3-6-13-11-8-10-4-1-2-5-12(10)14-9-11/h1-2,4-5,8-9,13,15H,3,6-7H2. The zero-order valence-corrected chi connectivity index (χ0v) is 8.48. The molecule has 2 rings (SSSR count). The number of anilines is 1. The van der Waals surface area contributed by atoms with Gasteiger partial charge >= 0.3 is 0 Å². The second-order valence-corrected chi connectivity index (χ2v) is 3.42. The quantitative estimate of drug-likeness (QED) is 0.746. The molecule has 0 bridgehead atoms. The average Bonchev–Trinajstić information content (AvgIpc) is 2.29. The summed E-state index contributed by atoms with van der Waals surface area (Å²) in [6.45, 7) is 0.991. The molecule has 2 aromatic rings. The van der Waals surface area contributed by atoms with E-state index in [0.29, 0.717) is 0 Å². The Labute approximate surface area is 88.8 Å². The predicted octanol–water partition coefficient (Wildman–Crippen LogP) is 2.03. The molecule has 0 saturated heterocycles. The van der Waals surface area contributed by atoms with Crippen molar-refractivity contribution in [2.24, 2.45) is 0 Å². The second-order valence-electron chi connectivity index (χ2n) is 3.42. The summed E-state index contributed by atoms with van der Waals surface area (Å²) in [7, 11) is 0. The number of hydrogen-bond acceptors (Lipinski definition) is 3. The van der Waals surface area contributed by atoms with Gasteiger partial charge < -0.3 is 10.4 Å². The summed E-state index contributed by atoms with van der Waals surface area (Å²) >= 11 is 0. The first kappa shape index (κ1) is 9.93. The molecule has 0 radical (unpaired) electrons. The number of fused-ring (bicyclic) bond motifs is 1. The number of aliphatic hydroxyl groups excluding tert-OH is 1. The first-order valence-electron chi connectivity index (χ1n) is 5.09. The van der Waals surface area contributed by atoms with Gasteiger partial charge in [0.2, 0.25) is 0 Å². The summed E-state index contributed by atoms with van der Waals surface area (Å²) in [6, 6.07) is 10.1. The summed E-state index contributed by atoms with van der Waals surface area (Å²) in [6.07, 6.45) is 2.58. The van der Waals surface area contributed by atoms with Gasteiger partial charge in [-0.25, -0.2) is 0 Å². The van der Waals surface area contributed by atoms with Crippen LogP contribution in [0.1, 0.15) is 6.42 Å². The van der Waals surface area contributed by atoms with E-state index in [-0.39, 0.29) is 6.61 Å². The van der Waals surface area contributed by atoms with Gasteiger partial charge in [-0.2, -0.15) is 0 Å². The van der Waals surface area contributed by atoms with Crippen molar-refractivity contribution in [3.63, 3.8) is 0 Å². The summed E-state index contributed by atoms with van der Waals surface area (Å²) in [5.74, 6) is 0. The van der Waals surface area contributed by atoms with Crippen LogP contribution < -0.4 is 5.32 Å². The monoisotopic (exact) mass is 202 g/mol. The van der Waals surface area contributed by atoms with Crippen LogP contribution in [0.2, 0.25) is 0 Å². The van der Waals surface area contributed by atoms with E-state index in [1.54, 1.807) is 0 Å². The Morgan fingerprint density at radius 1 is 1.27 bits per heavy atom. The number of para-hydroxylation sites is 1. The van der Waals surface area contributed by atoms with Gasteiger partial charge in [0.1, 0.15) is 0 Å². The lowest BCUT2D eigenvalue weighted by Gasteiger charge is -2.05. The fraction of sp³-hybridized carbons (Fsp3) is 0.250. The molecular weight excluding hydrogens is 188 g/mol. The Hall–Kier alpha value is -1.61. The normalized spacial score (nSPS) is 10.5. The number of hydrogen-bond donors (Lipinski definition) is 2.